The maximum atomic E-state index is 11.9. The highest BCUT2D eigenvalue weighted by molar-refractivity contribution is 9.09. The van der Waals surface area contributed by atoms with Crippen LogP contribution in [0.15, 0.2) is 30.3 Å². The summed E-state index contributed by atoms with van der Waals surface area (Å²) >= 11 is 3.41. The lowest BCUT2D eigenvalue weighted by atomic mass is 10.2. The Morgan fingerprint density at radius 3 is 2.65 bits per heavy atom. The second-order valence-electron chi connectivity index (χ2n) is 4.61. The number of nitrogens with zero attached hydrogens (tertiary/aromatic N) is 1. The van der Waals surface area contributed by atoms with Crippen LogP contribution in [0.3, 0.4) is 0 Å². The summed E-state index contributed by atoms with van der Waals surface area (Å²) in [4.78, 5) is 24.4. The molecule has 1 fully saturated rings. The van der Waals surface area contributed by atoms with Gasteiger partial charge in [-0.1, -0.05) is 46.3 Å². The predicted octanol–water partition coefficient (Wildman–Crippen LogP) is 2.33. The summed E-state index contributed by atoms with van der Waals surface area (Å²) in [7, 11) is 0. The lowest BCUT2D eigenvalue weighted by molar-refractivity contribution is -0.145. The third-order valence-electron chi connectivity index (χ3n) is 2.98. The monoisotopic (exact) mass is 341 g/mol. The molecular weight excluding hydrogens is 326 g/mol. The van der Waals surface area contributed by atoms with E-state index in [1.54, 1.807) is 0 Å². The Bertz CT molecular complexity index is 479. The quantitative estimate of drug-likeness (QED) is 0.625. The molecule has 1 amide bonds. The molecule has 20 heavy (non-hydrogen) atoms. The number of carbonyl (C=O) groups excluding carboxylic acids is 2. The summed E-state index contributed by atoms with van der Waals surface area (Å²) < 4.78 is 10.4. The molecule has 1 aromatic carbocycles. The van der Waals surface area contributed by atoms with Gasteiger partial charge in [-0.15, -0.1) is 0 Å². The van der Waals surface area contributed by atoms with E-state index in [4.69, 9.17) is 9.47 Å². The molecular formula is C14H16BrNO4. The van der Waals surface area contributed by atoms with Crippen molar-refractivity contribution in [2.75, 3.05) is 13.1 Å². The first-order chi connectivity index (χ1) is 9.56. The van der Waals surface area contributed by atoms with Crippen LogP contribution in [0.1, 0.15) is 12.5 Å². The number of halogens is 1. The minimum Gasteiger partial charge on any atom is -0.459 e. The molecule has 0 aromatic heterocycles. The van der Waals surface area contributed by atoms with Gasteiger partial charge in [-0.2, -0.15) is 0 Å². The number of likely N-dealkylation sites (tertiary alicyclic amines) is 1. The van der Waals surface area contributed by atoms with Crippen molar-refractivity contribution in [3.63, 3.8) is 0 Å². The molecule has 0 aliphatic carbocycles. The van der Waals surface area contributed by atoms with Gasteiger partial charge in [0.2, 0.25) is 0 Å². The number of hydrogen-bond acceptors (Lipinski definition) is 4. The fourth-order valence-electron chi connectivity index (χ4n) is 2.02. The number of alkyl halides is 1. The van der Waals surface area contributed by atoms with Crippen LogP contribution in [0.4, 0.5) is 4.79 Å². The zero-order valence-corrected chi connectivity index (χ0v) is 12.7. The molecule has 1 saturated heterocycles. The minimum absolute atomic E-state index is 0.0596. The summed E-state index contributed by atoms with van der Waals surface area (Å²) in [5, 5.41) is 0. The van der Waals surface area contributed by atoms with Gasteiger partial charge in [-0.05, 0) is 5.56 Å². The molecule has 6 heteroatoms. The van der Waals surface area contributed by atoms with E-state index in [1.807, 2.05) is 30.3 Å². The lowest BCUT2D eigenvalue weighted by Gasteiger charge is -2.16. The molecule has 0 saturated carbocycles. The van der Waals surface area contributed by atoms with Crippen LogP contribution < -0.4 is 0 Å². The SMILES string of the molecule is CC(=O)O[C@@H]1CN(C(=O)OCc2ccccc2)C[C@H]1Br. The fraction of sp³-hybridized carbons (Fsp3) is 0.429. The molecule has 2 rings (SSSR count). The van der Waals surface area contributed by atoms with Gasteiger partial charge in [0, 0.05) is 13.5 Å². The largest absolute Gasteiger partial charge is 0.459 e. The van der Waals surface area contributed by atoms with Gasteiger partial charge in [0.15, 0.2) is 0 Å². The van der Waals surface area contributed by atoms with Crippen LogP contribution in [0.2, 0.25) is 0 Å². The van der Waals surface area contributed by atoms with E-state index in [1.165, 1.54) is 11.8 Å². The van der Waals surface area contributed by atoms with Gasteiger partial charge in [-0.25, -0.2) is 4.79 Å². The maximum Gasteiger partial charge on any atom is 0.410 e. The van der Waals surface area contributed by atoms with Crippen LogP contribution in [-0.2, 0) is 20.9 Å². The normalized spacial score (nSPS) is 21.6. The van der Waals surface area contributed by atoms with Crippen molar-refractivity contribution in [1.29, 1.82) is 0 Å². The van der Waals surface area contributed by atoms with Crippen molar-refractivity contribution in [1.82, 2.24) is 4.90 Å². The Hall–Kier alpha value is -1.56. The van der Waals surface area contributed by atoms with Gasteiger partial charge < -0.3 is 14.4 Å². The number of ether oxygens (including phenoxy) is 2. The Morgan fingerprint density at radius 1 is 1.30 bits per heavy atom. The minimum atomic E-state index is -0.395. The smallest absolute Gasteiger partial charge is 0.410 e. The molecule has 5 nitrogen and oxygen atoms in total. The summed E-state index contributed by atoms with van der Waals surface area (Å²) in [5.41, 5.74) is 0.937. The number of carbonyl (C=O) groups is 2. The first-order valence-electron chi connectivity index (χ1n) is 6.33. The number of benzene rings is 1. The summed E-state index contributed by atoms with van der Waals surface area (Å²) in [6.07, 6.45) is -0.718. The van der Waals surface area contributed by atoms with Crippen LogP contribution >= 0.6 is 15.9 Å². The Morgan fingerprint density at radius 2 is 2.00 bits per heavy atom. The zero-order chi connectivity index (χ0) is 14.5. The zero-order valence-electron chi connectivity index (χ0n) is 11.1. The van der Waals surface area contributed by atoms with Crippen LogP contribution in [-0.4, -0.2) is 41.0 Å². The van der Waals surface area contributed by atoms with E-state index in [9.17, 15) is 9.59 Å². The van der Waals surface area contributed by atoms with Gasteiger partial charge in [-0.3, -0.25) is 4.79 Å². The first kappa shape index (κ1) is 14.8. The standard InChI is InChI=1S/C14H16BrNO4/c1-10(17)20-13-8-16(7-12(13)15)14(18)19-9-11-5-3-2-4-6-11/h2-6,12-13H,7-9H2,1H3/t12-,13-/m1/s1. The van der Waals surface area contributed by atoms with Gasteiger partial charge in [0.25, 0.3) is 0 Å². The molecule has 1 aliphatic rings. The summed E-state index contributed by atoms with van der Waals surface area (Å²) in [5.74, 6) is -0.348. The van der Waals surface area contributed by atoms with Crippen LogP contribution in [0.5, 0.6) is 0 Å². The lowest BCUT2D eigenvalue weighted by Crippen LogP contribution is -2.31. The van der Waals surface area contributed by atoms with Crippen LogP contribution in [0.25, 0.3) is 0 Å². The van der Waals surface area contributed by atoms with Crippen molar-refractivity contribution >= 4 is 28.0 Å². The van der Waals surface area contributed by atoms with Crippen molar-refractivity contribution < 1.29 is 19.1 Å². The molecule has 2 atom stereocenters. The third kappa shape index (κ3) is 3.96. The van der Waals surface area contributed by atoms with E-state index in [0.29, 0.717) is 13.1 Å². The average Bonchev–Trinajstić information content (AvgIpc) is 2.78. The van der Waals surface area contributed by atoms with E-state index in [2.05, 4.69) is 15.9 Å². The molecule has 0 unspecified atom stereocenters. The third-order valence-corrected chi connectivity index (χ3v) is 3.86. The van der Waals surface area contributed by atoms with Crippen molar-refractivity contribution in [2.24, 2.45) is 0 Å². The Labute approximate surface area is 126 Å². The highest BCUT2D eigenvalue weighted by Crippen LogP contribution is 2.21. The number of esters is 1. The molecule has 1 aromatic rings. The molecule has 1 aliphatic heterocycles. The highest BCUT2D eigenvalue weighted by Gasteiger charge is 2.36. The molecule has 0 N–H and O–H groups in total. The summed E-state index contributed by atoms with van der Waals surface area (Å²) in [6.45, 7) is 2.41. The topological polar surface area (TPSA) is 55.8 Å². The molecule has 108 valence electrons. The summed E-state index contributed by atoms with van der Waals surface area (Å²) in [6, 6.07) is 9.48. The first-order valence-corrected chi connectivity index (χ1v) is 7.24. The van der Waals surface area contributed by atoms with Crippen molar-refractivity contribution in [3.8, 4) is 0 Å². The van der Waals surface area contributed by atoms with Gasteiger partial charge >= 0.3 is 12.1 Å². The van der Waals surface area contributed by atoms with E-state index in [0.717, 1.165) is 5.56 Å². The van der Waals surface area contributed by atoms with Crippen molar-refractivity contribution in [2.45, 2.75) is 24.5 Å². The van der Waals surface area contributed by atoms with Gasteiger partial charge in [0.05, 0.1) is 11.4 Å². The fourth-order valence-corrected chi connectivity index (χ4v) is 2.64. The van der Waals surface area contributed by atoms with E-state index >= 15 is 0 Å². The maximum absolute atomic E-state index is 11.9. The van der Waals surface area contributed by atoms with E-state index in [-0.39, 0.29) is 23.5 Å². The highest BCUT2D eigenvalue weighted by atomic mass is 79.9. The van der Waals surface area contributed by atoms with Gasteiger partial charge in [0.1, 0.15) is 12.7 Å². The number of rotatable bonds is 3. The molecule has 0 radical (unpaired) electrons. The molecule has 0 bridgehead atoms. The molecule has 1 heterocycles. The second-order valence-corrected chi connectivity index (χ2v) is 5.79. The van der Waals surface area contributed by atoms with Crippen LogP contribution in [0, 0.1) is 0 Å². The Balaban J connectivity index is 1.83. The molecule has 0 spiro atoms. The predicted molar refractivity (Wildman–Crippen MR) is 76.5 cm³/mol. The number of amides is 1. The van der Waals surface area contributed by atoms with Crippen molar-refractivity contribution in [3.05, 3.63) is 35.9 Å². The second kappa shape index (κ2) is 6.74. The average molecular weight is 342 g/mol. The van der Waals surface area contributed by atoms with E-state index < -0.39 is 6.09 Å². The Kier molecular flexibility index (Phi) is 5.00. The number of hydrogen-bond donors (Lipinski definition) is 0.